The summed E-state index contributed by atoms with van der Waals surface area (Å²) in [4.78, 5) is 27.8. The summed E-state index contributed by atoms with van der Waals surface area (Å²) < 4.78 is 0. The number of carboxylic acids is 1. The summed E-state index contributed by atoms with van der Waals surface area (Å²) >= 11 is 0. The number of nitrogens with one attached hydrogen (secondary N) is 1. The van der Waals surface area contributed by atoms with Crippen LogP contribution in [0.15, 0.2) is 0 Å². The van der Waals surface area contributed by atoms with E-state index in [1.807, 2.05) is 20.9 Å². The number of carbonyl (C=O) groups is 2. The zero-order valence-electron chi connectivity index (χ0n) is 13.3. The number of hydrogen-bond donors (Lipinski definition) is 2. The molecule has 0 aromatic carbocycles. The second-order valence-corrected chi connectivity index (χ2v) is 6.66. The molecule has 2 amide bonds. The van der Waals surface area contributed by atoms with Gasteiger partial charge in [0, 0.05) is 26.2 Å². The summed E-state index contributed by atoms with van der Waals surface area (Å²) in [6, 6.07) is 0.239. The highest BCUT2D eigenvalue weighted by molar-refractivity contribution is 5.80. The maximum absolute atomic E-state index is 12.6. The Balaban J connectivity index is 2.02. The molecular formula is C15H27N3O3. The number of aliphatic carboxylic acids is 1. The molecule has 120 valence electrons. The van der Waals surface area contributed by atoms with Crippen LogP contribution in [0.5, 0.6) is 0 Å². The van der Waals surface area contributed by atoms with Crippen molar-refractivity contribution in [1.82, 2.24) is 15.1 Å². The van der Waals surface area contributed by atoms with Gasteiger partial charge in [-0.1, -0.05) is 13.8 Å². The van der Waals surface area contributed by atoms with Gasteiger partial charge >= 0.3 is 12.0 Å². The van der Waals surface area contributed by atoms with E-state index in [4.69, 9.17) is 0 Å². The normalized spacial score (nSPS) is 27.1. The molecule has 2 fully saturated rings. The number of amides is 2. The number of nitrogens with zero attached hydrogens (tertiary/aromatic N) is 2. The van der Waals surface area contributed by atoms with Crippen molar-refractivity contribution in [2.24, 2.45) is 11.3 Å². The Kier molecular flexibility index (Phi) is 4.76. The average Bonchev–Trinajstić information content (AvgIpc) is 2.93. The second-order valence-electron chi connectivity index (χ2n) is 6.66. The van der Waals surface area contributed by atoms with Crippen molar-refractivity contribution in [3.63, 3.8) is 0 Å². The summed E-state index contributed by atoms with van der Waals surface area (Å²) in [6.07, 6.45) is 2.47. The summed E-state index contributed by atoms with van der Waals surface area (Å²) in [6.45, 7) is 6.60. The maximum atomic E-state index is 12.6. The first-order valence-corrected chi connectivity index (χ1v) is 7.84. The van der Waals surface area contributed by atoms with Crippen LogP contribution < -0.4 is 5.32 Å². The molecule has 0 aliphatic carbocycles. The van der Waals surface area contributed by atoms with Gasteiger partial charge in [0.2, 0.25) is 0 Å². The highest BCUT2D eigenvalue weighted by atomic mass is 16.4. The summed E-state index contributed by atoms with van der Waals surface area (Å²) in [5.41, 5.74) is -0.787. The average molecular weight is 297 g/mol. The van der Waals surface area contributed by atoms with Crippen molar-refractivity contribution >= 4 is 12.0 Å². The topological polar surface area (TPSA) is 72.9 Å². The predicted molar refractivity (Wildman–Crippen MR) is 80.1 cm³/mol. The fourth-order valence-corrected chi connectivity index (χ4v) is 3.46. The van der Waals surface area contributed by atoms with E-state index >= 15 is 0 Å². The molecule has 6 heteroatoms. The van der Waals surface area contributed by atoms with Crippen LogP contribution in [0.2, 0.25) is 0 Å². The predicted octanol–water partition coefficient (Wildman–Crippen LogP) is 1.22. The van der Waals surface area contributed by atoms with Gasteiger partial charge in [-0.3, -0.25) is 4.79 Å². The molecule has 21 heavy (non-hydrogen) atoms. The first-order valence-electron chi connectivity index (χ1n) is 7.84. The van der Waals surface area contributed by atoms with Crippen LogP contribution in [0, 0.1) is 11.3 Å². The first-order chi connectivity index (χ1) is 9.88. The Hall–Kier alpha value is -1.30. The summed E-state index contributed by atoms with van der Waals surface area (Å²) in [5, 5.41) is 12.9. The molecule has 0 radical (unpaired) electrons. The maximum Gasteiger partial charge on any atom is 0.320 e. The number of likely N-dealkylation sites (tertiary alicyclic amines) is 1. The van der Waals surface area contributed by atoms with Crippen molar-refractivity contribution in [2.75, 3.05) is 33.2 Å². The minimum absolute atomic E-state index is 0.0225. The molecule has 1 atom stereocenters. The molecule has 2 N–H and O–H groups in total. The Morgan fingerprint density at radius 3 is 2.43 bits per heavy atom. The third-order valence-electron chi connectivity index (χ3n) is 5.26. The Morgan fingerprint density at radius 1 is 1.33 bits per heavy atom. The monoisotopic (exact) mass is 297 g/mol. The molecule has 2 heterocycles. The van der Waals surface area contributed by atoms with E-state index in [0.717, 1.165) is 25.9 Å². The van der Waals surface area contributed by atoms with Gasteiger partial charge < -0.3 is 20.2 Å². The lowest BCUT2D eigenvalue weighted by Crippen LogP contribution is -2.50. The minimum atomic E-state index is -0.787. The molecule has 0 aromatic heterocycles. The second kappa shape index (κ2) is 6.22. The smallest absolute Gasteiger partial charge is 0.320 e. The highest BCUT2D eigenvalue weighted by Gasteiger charge is 2.49. The Bertz CT molecular complexity index is 407. The van der Waals surface area contributed by atoms with E-state index in [2.05, 4.69) is 5.32 Å². The number of carbonyl (C=O) groups excluding carboxylic acids is 1. The quantitative estimate of drug-likeness (QED) is 0.821. The third kappa shape index (κ3) is 3.00. The van der Waals surface area contributed by atoms with Crippen LogP contribution in [0.25, 0.3) is 0 Å². The van der Waals surface area contributed by atoms with Gasteiger partial charge in [-0.15, -0.1) is 0 Å². The molecule has 6 nitrogen and oxygen atoms in total. The van der Waals surface area contributed by atoms with Crippen LogP contribution >= 0.6 is 0 Å². The lowest BCUT2D eigenvalue weighted by molar-refractivity contribution is -0.150. The van der Waals surface area contributed by atoms with Crippen LogP contribution in [0.3, 0.4) is 0 Å². The Labute approximate surface area is 126 Å². The fourth-order valence-electron chi connectivity index (χ4n) is 3.46. The van der Waals surface area contributed by atoms with E-state index in [1.54, 1.807) is 9.80 Å². The van der Waals surface area contributed by atoms with E-state index < -0.39 is 11.4 Å². The van der Waals surface area contributed by atoms with E-state index in [9.17, 15) is 14.7 Å². The van der Waals surface area contributed by atoms with Crippen molar-refractivity contribution < 1.29 is 14.7 Å². The van der Waals surface area contributed by atoms with E-state index in [-0.39, 0.29) is 18.0 Å². The number of urea groups is 1. The molecule has 2 rings (SSSR count). The van der Waals surface area contributed by atoms with Crippen molar-refractivity contribution in [1.29, 1.82) is 0 Å². The van der Waals surface area contributed by atoms with Gasteiger partial charge in [0.15, 0.2) is 0 Å². The van der Waals surface area contributed by atoms with Crippen LogP contribution in [0.1, 0.15) is 33.1 Å². The molecule has 0 spiro atoms. The largest absolute Gasteiger partial charge is 0.481 e. The van der Waals surface area contributed by atoms with Gasteiger partial charge in [0.1, 0.15) is 0 Å². The van der Waals surface area contributed by atoms with Gasteiger partial charge in [-0.25, -0.2) is 4.79 Å². The van der Waals surface area contributed by atoms with E-state index in [0.29, 0.717) is 19.5 Å². The van der Waals surface area contributed by atoms with Gasteiger partial charge in [-0.2, -0.15) is 0 Å². The molecule has 0 saturated carbocycles. The molecule has 2 aliphatic heterocycles. The fraction of sp³-hybridized carbons (Fsp3) is 0.867. The summed E-state index contributed by atoms with van der Waals surface area (Å²) in [7, 11) is 1.84. The molecule has 2 saturated heterocycles. The lowest BCUT2D eigenvalue weighted by atomic mass is 9.76. The number of hydrogen-bond acceptors (Lipinski definition) is 3. The van der Waals surface area contributed by atoms with E-state index in [1.165, 1.54) is 0 Å². The SMILES string of the molecule is CC(C)C1(C(=O)O)CCN(C(=O)N(C)C2CCNCC2)C1. The van der Waals surface area contributed by atoms with Gasteiger partial charge in [0.05, 0.1) is 5.41 Å². The summed E-state index contributed by atoms with van der Waals surface area (Å²) in [5.74, 6) is -0.755. The molecule has 1 unspecified atom stereocenters. The van der Waals surface area contributed by atoms with Crippen molar-refractivity contribution in [3.05, 3.63) is 0 Å². The molecule has 2 aliphatic rings. The number of carboxylic acid groups (broad SMARTS) is 1. The van der Waals surface area contributed by atoms with Gasteiger partial charge in [0.25, 0.3) is 0 Å². The third-order valence-corrected chi connectivity index (χ3v) is 5.26. The highest BCUT2D eigenvalue weighted by Crippen LogP contribution is 2.38. The zero-order chi connectivity index (χ0) is 15.6. The van der Waals surface area contributed by atoms with Crippen LogP contribution in [-0.2, 0) is 4.79 Å². The molecular weight excluding hydrogens is 270 g/mol. The van der Waals surface area contributed by atoms with Crippen molar-refractivity contribution in [2.45, 2.75) is 39.2 Å². The lowest BCUT2D eigenvalue weighted by Gasteiger charge is -2.35. The molecule has 0 aromatic rings. The zero-order valence-corrected chi connectivity index (χ0v) is 13.3. The van der Waals surface area contributed by atoms with Crippen LogP contribution in [-0.4, -0.2) is 66.2 Å². The first kappa shape index (κ1) is 16.1. The standard InChI is InChI=1S/C15H27N3O3/c1-11(2)15(13(19)20)6-9-18(10-15)14(21)17(3)12-4-7-16-8-5-12/h11-12,16H,4-10H2,1-3H3,(H,19,20). The van der Waals surface area contributed by atoms with Crippen molar-refractivity contribution in [3.8, 4) is 0 Å². The van der Waals surface area contributed by atoms with Crippen LogP contribution in [0.4, 0.5) is 4.79 Å². The minimum Gasteiger partial charge on any atom is -0.481 e. The number of piperidine rings is 1. The van der Waals surface area contributed by atoms with Gasteiger partial charge in [-0.05, 0) is 38.3 Å². The molecule has 0 bridgehead atoms. The Morgan fingerprint density at radius 2 is 1.95 bits per heavy atom. The number of rotatable bonds is 3.